The molecule has 22 heavy (non-hydrogen) atoms. The zero-order chi connectivity index (χ0) is 16.4. The van der Waals surface area contributed by atoms with Crippen LogP contribution in [-0.4, -0.2) is 35.1 Å². The number of carbonyl (C=O) groups is 2. The van der Waals surface area contributed by atoms with Crippen molar-refractivity contribution in [3.05, 3.63) is 27.2 Å². The van der Waals surface area contributed by atoms with Gasteiger partial charge in [-0.25, -0.2) is 4.79 Å². The van der Waals surface area contributed by atoms with Gasteiger partial charge in [0, 0.05) is 6.42 Å². The van der Waals surface area contributed by atoms with Gasteiger partial charge in [-0.1, -0.05) is 30.1 Å². The molecule has 0 aromatic heterocycles. The Balaban J connectivity index is 2.34. The lowest BCUT2D eigenvalue weighted by Gasteiger charge is -2.29. The maximum absolute atomic E-state index is 11.6. The van der Waals surface area contributed by atoms with Crippen molar-refractivity contribution >= 4 is 42.2 Å². The minimum Gasteiger partial charge on any atom is -0.534 e. The summed E-state index contributed by atoms with van der Waals surface area (Å²) >= 11 is 11.8. The first-order valence-corrected chi connectivity index (χ1v) is 7.49. The van der Waals surface area contributed by atoms with Crippen LogP contribution in [0.5, 0.6) is 5.75 Å². The van der Waals surface area contributed by atoms with Crippen molar-refractivity contribution in [2.24, 2.45) is 0 Å². The first kappa shape index (κ1) is 16.9. The Hall–Kier alpha value is -1.44. The summed E-state index contributed by atoms with van der Waals surface area (Å²) in [5.41, 5.74) is 0.181. The molecule has 0 saturated heterocycles. The number of amides is 1. The van der Waals surface area contributed by atoms with Crippen LogP contribution in [0.25, 0.3) is 0 Å². The van der Waals surface area contributed by atoms with E-state index < -0.39 is 19.0 Å². The van der Waals surface area contributed by atoms with Crippen LogP contribution in [0.15, 0.2) is 6.07 Å². The molecule has 0 aliphatic carbocycles. The molecule has 0 spiro atoms. The van der Waals surface area contributed by atoms with Crippen LogP contribution >= 0.6 is 23.2 Å². The Bertz CT molecular complexity index is 625. The molecule has 0 unspecified atom stereocenters. The Morgan fingerprint density at radius 3 is 2.77 bits per heavy atom. The maximum Gasteiger partial charge on any atom is 0.547 e. The van der Waals surface area contributed by atoms with E-state index in [0.29, 0.717) is 18.4 Å². The van der Waals surface area contributed by atoms with Gasteiger partial charge in [-0.05, 0) is 24.5 Å². The fraction of sp³-hybridized carbons (Fsp3) is 0.385. The Morgan fingerprint density at radius 1 is 1.50 bits per heavy atom. The van der Waals surface area contributed by atoms with Crippen molar-refractivity contribution in [2.45, 2.75) is 32.1 Å². The topological polar surface area (TPSA) is 95.9 Å². The molecule has 1 aliphatic heterocycles. The monoisotopic (exact) mass is 345 g/mol. The second kappa shape index (κ2) is 6.77. The highest BCUT2D eigenvalue weighted by molar-refractivity contribution is 6.48. The molecule has 1 atom stereocenters. The SMILES string of the molecule is CCCC(=O)N[C@H]1Cc2cc(Cl)c(Cl)c(C(=O)O)c2OB1O. The van der Waals surface area contributed by atoms with E-state index in [1.54, 1.807) is 0 Å². The molecule has 1 amide bonds. The average molecular weight is 346 g/mol. The van der Waals surface area contributed by atoms with Crippen molar-refractivity contribution in [3.8, 4) is 5.75 Å². The summed E-state index contributed by atoms with van der Waals surface area (Å²) in [6.07, 6.45) is 1.21. The number of rotatable bonds is 4. The highest BCUT2D eigenvalue weighted by Crippen LogP contribution is 2.39. The fourth-order valence-electron chi connectivity index (χ4n) is 2.31. The van der Waals surface area contributed by atoms with Crippen LogP contribution in [0.2, 0.25) is 10.0 Å². The van der Waals surface area contributed by atoms with Gasteiger partial charge in [-0.3, -0.25) is 4.79 Å². The van der Waals surface area contributed by atoms with E-state index in [1.807, 2.05) is 6.92 Å². The number of benzene rings is 1. The maximum atomic E-state index is 11.6. The quantitative estimate of drug-likeness (QED) is 0.724. The van der Waals surface area contributed by atoms with Crippen LogP contribution in [0.3, 0.4) is 0 Å². The smallest absolute Gasteiger partial charge is 0.534 e. The minimum absolute atomic E-state index is 0.0182. The highest BCUT2D eigenvalue weighted by Gasteiger charge is 2.39. The third kappa shape index (κ3) is 3.32. The number of halogens is 2. The highest BCUT2D eigenvalue weighted by atomic mass is 35.5. The standard InChI is InChI=1S/C13H14BCl2NO5/c1-2-3-9(18)17-8-5-6-4-7(15)11(16)10(13(19)20)12(6)22-14(8)21/h4,8,21H,2-3,5H2,1H3,(H,17,18)(H,19,20)/t8-/m0/s1. The largest absolute Gasteiger partial charge is 0.547 e. The lowest BCUT2D eigenvalue weighted by Crippen LogP contribution is -2.53. The first-order valence-electron chi connectivity index (χ1n) is 6.73. The van der Waals surface area contributed by atoms with Crippen molar-refractivity contribution < 1.29 is 24.4 Å². The molecular weight excluding hydrogens is 332 g/mol. The molecule has 0 saturated carbocycles. The molecule has 9 heteroatoms. The third-order valence-corrected chi connectivity index (χ3v) is 4.10. The fourth-order valence-corrected chi connectivity index (χ4v) is 2.76. The molecule has 1 aliphatic rings. The van der Waals surface area contributed by atoms with Crippen molar-refractivity contribution in [3.63, 3.8) is 0 Å². The molecule has 118 valence electrons. The number of hydrogen-bond acceptors (Lipinski definition) is 4. The van der Waals surface area contributed by atoms with Crippen LogP contribution in [0.4, 0.5) is 0 Å². The van der Waals surface area contributed by atoms with Gasteiger partial charge in [-0.2, -0.15) is 0 Å². The normalized spacial score (nSPS) is 16.7. The number of carboxylic acid groups (broad SMARTS) is 1. The van der Waals surface area contributed by atoms with Gasteiger partial charge in [0.2, 0.25) is 5.91 Å². The van der Waals surface area contributed by atoms with Gasteiger partial charge in [0.25, 0.3) is 0 Å². The van der Waals surface area contributed by atoms with Crippen molar-refractivity contribution in [1.82, 2.24) is 5.32 Å². The Labute approximate surface area is 137 Å². The Kier molecular flexibility index (Phi) is 5.21. The summed E-state index contributed by atoms with van der Waals surface area (Å²) < 4.78 is 5.27. The summed E-state index contributed by atoms with van der Waals surface area (Å²) in [7, 11) is -1.36. The average Bonchev–Trinajstić information content (AvgIpc) is 2.42. The molecule has 1 aromatic rings. The summed E-state index contributed by atoms with van der Waals surface area (Å²) in [5.74, 6) is -2.21. The van der Waals surface area contributed by atoms with Crippen molar-refractivity contribution in [2.75, 3.05) is 0 Å². The summed E-state index contributed by atoms with van der Waals surface area (Å²) in [6.45, 7) is 1.86. The molecule has 3 N–H and O–H groups in total. The second-order valence-corrected chi connectivity index (χ2v) is 5.76. The van der Waals surface area contributed by atoms with Crippen LogP contribution in [-0.2, 0) is 11.2 Å². The van der Waals surface area contributed by atoms with Gasteiger partial charge in [0.05, 0.1) is 16.0 Å². The van der Waals surface area contributed by atoms with E-state index >= 15 is 0 Å². The lowest BCUT2D eigenvalue weighted by atomic mass is 9.72. The molecule has 0 bridgehead atoms. The van der Waals surface area contributed by atoms with E-state index in [2.05, 4.69) is 5.32 Å². The number of nitrogens with one attached hydrogen (secondary N) is 1. The van der Waals surface area contributed by atoms with Gasteiger partial charge < -0.3 is 20.1 Å². The number of aromatic carboxylic acids is 1. The third-order valence-electron chi connectivity index (χ3n) is 3.31. The molecule has 6 nitrogen and oxygen atoms in total. The van der Waals surface area contributed by atoms with Gasteiger partial charge >= 0.3 is 13.1 Å². The summed E-state index contributed by atoms with van der Waals surface area (Å²) in [5, 5.41) is 21.8. The van der Waals surface area contributed by atoms with E-state index in [-0.39, 0.29) is 33.7 Å². The van der Waals surface area contributed by atoms with Crippen molar-refractivity contribution in [1.29, 1.82) is 0 Å². The molecule has 0 radical (unpaired) electrons. The van der Waals surface area contributed by atoms with E-state index in [1.165, 1.54) is 6.07 Å². The predicted octanol–water partition coefficient (Wildman–Crippen LogP) is 1.93. The van der Waals surface area contributed by atoms with E-state index in [4.69, 9.17) is 27.9 Å². The first-order chi connectivity index (χ1) is 10.3. The number of fused-ring (bicyclic) bond motifs is 1. The molecule has 1 heterocycles. The minimum atomic E-state index is -1.36. The second-order valence-electron chi connectivity index (χ2n) is 4.98. The van der Waals surface area contributed by atoms with Crippen LogP contribution in [0.1, 0.15) is 35.7 Å². The van der Waals surface area contributed by atoms with Crippen LogP contribution < -0.4 is 9.97 Å². The number of hydrogen-bond donors (Lipinski definition) is 3. The van der Waals surface area contributed by atoms with Gasteiger partial charge in [0.15, 0.2) is 0 Å². The predicted molar refractivity (Wildman–Crippen MR) is 82.6 cm³/mol. The molecular formula is C13H14BCl2NO5. The van der Waals surface area contributed by atoms with Gasteiger partial charge in [0.1, 0.15) is 11.3 Å². The van der Waals surface area contributed by atoms with E-state index in [9.17, 15) is 19.7 Å². The number of carbonyl (C=O) groups excluding carboxylic acids is 1. The molecule has 1 aromatic carbocycles. The lowest BCUT2D eigenvalue weighted by molar-refractivity contribution is -0.121. The zero-order valence-electron chi connectivity index (χ0n) is 11.7. The van der Waals surface area contributed by atoms with Gasteiger partial charge in [-0.15, -0.1) is 0 Å². The Morgan fingerprint density at radius 2 is 2.18 bits per heavy atom. The number of carboxylic acids is 1. The summed E-state index contributed by atoms with van der Waals surface area (Å²) in [4.78, 5) is 23.0. The van der Waals surface area contributed by atoms with E-state index in [0.717, 1.165) is 0 Å². The zero-order valence-corrected chi connectivity index (χ0v) is 13.2. The molecule has 0 fully saturated rings. The van der Waals surface area contributed by atoms with Crippen LogP contribution in [0, 0.1) is 0 Å². The summed E-state index contributed by atoms with van der Waals surface area (Å²) in [6, 6.07) is 1.48. The molecule has 2 rings (SSSR count).